The number of ether oxygens (including phenoxy) is 1. The van der Waals surface area contributed by atoms with Crippen molar-refractivity contribution in [1.29, 1.82) is 0 Å². The Morgan fingerprint density at radius 1 is 1.00 bits per heavy atom. The zero-order chi connectivity index (χ0) is 23.0. The normalized spacial score (nSPS) is 10.8. The van der Waals surface area contributed by atoms with Crippen LogP contribution in [0.3, 0.4) is 0 Å². The van der Waals surface area contributed by atoms with E-state index in [1.807, 2.05) is 12.2 Å². The van der Waals surface area contributed by atoms with Crippen molar-refractivity contribution < 1.29 is 31.7 Å². The fraction of sp³-hybridized carbons (Fsp3) is 0.286. The number of nitrogens with one attached hydrogen (secondary N) is 2. The first-order chi connectivity index (χ1) is 14.6. The first-order valence-corrected chi connectivity index (χ1v) is 10.9. The van der Waals surface area contributed by atoms with Gasteiger partial charge in [0.2, 0.25) is 0 Å². The summed E-state index contributed by atoms with van der Waals surface area (Å²) < 4.78 is 35.1. The quantitative estimate of drug-likeness (QED) is 0.469. The molecule has 0 saturated heterocycles. The molecule has 0 atom stereocenters. The number of amides is 3. The summed E-state index contributed by atoms with van der Waals surface area (Å²) in [5.41, 5.74) is 1.41. The van der Waals surface area contributed by atoms with Gasteiger partial charge in [-0.2, -0.15) is 8.42 Å². The number of aryl methyl sites for hydroxylation is 2. The predicted octanol–water partition coefficient (Wildman–Crippen LogP) is 2.46. The minimum Gasteiger partial charge on any atom is -0.452 e. The van der Waals surface area contributed by atoms with Crippen molar-refractivity contribution in [3.05, 3.63) is 59.2 Å². The summed E-state index contributed by atoms with van der Waals surface area (Å²) >= 11 is 0. The molecule has 3 amide bonds. The molecule has 0 spiro atoms. The molecule has 166 valence electrons. The van der Waals surface area contributed by atoms with Crippen molar-refractivity contribution in [3.63, 3.8) is 0 Å². The van der Waals surface area contributed by atoms with Crippen molar-refractivity contribution in [1.82, 2.24) is 10.6 Å². The van der Waals surface area contributed by atoms with Gasteiger partial charge in [0.1, 0.15) is 10.6 Å². The Hall–Kier alpha value is -3.40. The third kappa shape index (κ3) is 7.10. The van der Waals surface area contributed by atoms with E-state index in [0.29, 0.717) is 18.5 Å². The van der Waals surface area contributed by atoms with E-state index in [4.69, 9.17) is 8.92 Å². The number of imide groups is 1. The van der Waals surface area contributed by atoms with Gasteiger partial charge in [-0.3, -0.25) is 10.1 Å². The van der Waals surface area contributed by atoms with Gasteiger partial charge in [0.05, 0.1) is 5.56 Å². The van der Waals surface area contributed by atoms with Gasteiger partial charge in [-0.05, 0) is 61.7 Å². The van der Waals surface area contributed by atoms with Gasteiger partial charge in [0, 0.05) is 6.54 Å². The lowest BCUT2D eigenvalue weighted by Gasteiger charge is -2.10. The highest BCUT2D eigenvalue weighted by molar-refractivity contribution is 7.87. The number of urea groups is 1. The molecule has 0 aromatic heterocycles. The van der Waals surface area contributed by atoms with E-state index in [1.54, 1.807) is 26.0 Å². The predicted molar refractivity (Wildman–Crippen MR) is 112 cm³/mol. The molecule has 2 aromatic rings. The second kappa shape index (κ2) is 10.6. The monoisotopic (exact) mass is 448 g/mol. The van der Waals surface area contributed by atoms with Crippen LogP contribution in [0, 0.1) is 13.8 Å². The molecule has 2 aromatic carbocycles. The molecule has 0 aliphatic heterocycles. The summed E-state index contributed by atoms with van der Waals surface area (Å²) in [4.78, 5) is 35.1. The van der Waals surface area contributed by atoms with Crippen LogP contribution >= 0.6 is 0 Å². The number of hydrogen-bond acceptors (Lipinski definition) is 7. The smallest absolute Gasteiger partial charge is 0.339 e. The minimum absolute atomic E-state index is 0.0165. The average Bonchev–Trinajstić information content (AvgIpc) is 2.72. The Morgan fingerprint density at radius 3 is 2.32 bits per heavy atom. The summed E-state index contributed by atoms with van der Waals surface area (Å²) in [6, 6.07) is 9.55. The van der Waals surface area contributed by atoms with Crippen LogP contribution < -0.4 is 14.8 Å². The van der Waals surface area contributed by atoms with Crippen molar-refractivity contribution in [2.45, 2.75) is 32.1 Å². The molecular weight excluding hydrogens is 424 g/mol. The maximum absolute atomic E-state index is 12.5. The highest BCUT2D eigenvalue weighted by Crippen LogP contribution is 2.22. The second-order valence-electron chi connectivity index (χ2n) is 6.71. The van der Waals surface area contributed by atoms with Crippen LogP contribution in [0.1, 0.15) is 34.8 Å². The Morgan fingerprint density at radius 2 is 1.68 bits per heavy atom. The molecule has 0 aliphatic rings. The largest absolute Gasteiger partial charge is 0.452 e. The number of benzene rings is 2. The van der Waals surface area contributed by atoms with Crippen molar-refractivity contribution >= 4 is 28.0 Å². The van der Waals surface area contributed by atoms with Crippen molar-refractivity contribution in [3.8, 4) is 5.75 Å². The van der Waals surface area contributed by atoms with E-state index in [9.17, 15) is 22.8 Å². The van der Waals surface area contributed by atoms with Crippen molar-refractivity contribution in [2.24, 2.45) is 0 Å². The van der Waals surface area contributed by atoms with E-state index < -0.39 is 34.6 Å². The molecule has 9 nitrogen and oxygen atoms in total. The molecule has 10 heteroatoms. The molecular formula is C21H24N2O7S. The zero-order valence-electron chi connectivity index (χ0n) is 17.4. The van der Waals surface area contributed by atoms with Gasteiger partial charge in [-0.25, -0.2) is 9.59 Å². The molecule has 0 bridgehead atoms. The first-order valence-electron chi connectivity index (χ1n) is 9.49. The average molecular weight is 448 g/mol. The number of esters is 1. The van der Waals surface area contributed by atoms with E-state index in [1.165, 1.54) is 30.3 Å². The van der Waals surface area contributed by atoms with Crippen LogP contribution in [0.4, 0.5) is 4.79 Å². The van der Waals surface area contributed by atoms with Crippen LogP contribution in [-0.4, -0.2) is 39.5 Å². The molecule has 0 unspecified atom stereocenters. The van der Waals surface area contributed by atoms with Crippen molar-refractivity contribution in [2.75, 3.05) is 13.2 Å². The van der Waals surface area contributed by atoms with Gasteiger partial charge in [0.25, 0.3) is 5.91 Å². The Balaban J connectivity index is 1.95. The highest BCUT2D eigenvalue weighted by Gasteiger charge is 2.20. The van der Waals surface area contributed by atoms with Crippen LogP contribution in [0.25, 0.3) is 0 Å². The molecule has 0 fully saturated rings. The summed E-state index contributed by atoms with van der Waals surface area (Å²) in [5.74, 6) is -1.57. The second-order valence-corrected chi connectivity index (χ2v) is 8.23. The third-order valence-electron chi connectivity index (χ3n) is 4.03. The Bertz CT molecular complexity index is 1060. The van der Waals surface area contributed by atoms with E-state index in [-0.39, 0.29) is 16.2 Å². The lowest BCUT2D eigenvalue weighted by Crippen LogP contribution is -2.41. The first kappa shape index (κ1) is 23.9. The van der Waals surface area contributed by atoms with Crippen LogP contribution in [0.5, 0.6) is 5.75 Å². The SMILES string of the molecule is CCCNC(=O)NC(=O)COC(=O)c1ccc(OS(=O)(=O)c2cc(C)ccc2C)cc1. The fourth-order valence-electron chi connectivity index (χ4n) is 2.45. The molecule has 0 aliphatic carbocycles. The molecule has 0 saturated carbocycles. The maximum Gasteiger partial charge on any atom is 0.339 e. The van der Waals surface area contributed by atoms with Gasteiger partial charge in [-0.1, -0.05) is 19.1 Å². The van der Waals surface area contributed by atoms with Gasteiger partial charge in [-0.15, -0.1) is 0 Å². The number of carbonyl (C=O) groups is 3. The molecule has 31 heavy (non-hydrogen) atoms. The summed E-state index contributed by atoms with van der Waals surface area (Å²) in [6.07, 6.45) is 0.711. The molecule has 0 heterocycles. The van der Waals surface area contributed by atoms with E-state index in [2.05, 4.69) is 5.32 Å². The number of hydrogen-bond donors (Lipinski definition) is 2. The van der Waals surface area contributed by atoms with Gasteiger partial charge >= 0.3 is 22.1 Å². The van der Waals surface area contributed by atoms with Gasteiger partial charge in [0.15, 0.2) is 6.61 Å². The number of carbonyl (C=O) groups excluding carboxylic acids is 3. The number of rotatable bonds is 8. The molecule has 2 N–H and O–H groups in total. The van der Waals surface area contributed by atoms with Gasteiger partial charge < -0.3 is 14.2 Å². The standard InChI is InChI=1S/C21H24N2O7S/c1-4-11-22-21(26)23-19(24)13-29-20(25)16-7-9-17(10-8-16)30-31(27,28)18-12-14(2)5-6-15(18)3/h5-10,12H,4,11,13H2,1-3H3,(H2,22,23,24,26). The fourth-order valence-corrected chi connectivity index (χ4v) is 3.70. The molecule has 0 radical (unpaired) electrons. The highest BCUT2D eigenvalue weighted by atomic mass is 32.2. The maximum atomic E-state index is 12.5. The summed E-state index contributed by atoms with van der Waals surface area (Å²) in [5, 5.41) is 4.48. The van der Waals surface area contributed by atoms with E-state index in [0.717, 1.165) is 5.56 Å². The van der Waals surface area contributed by atoms with E-state index >= 15 is 0 Å². The Labute approximate surface area is 180 Å². The minimum atomic E-state index is -4.05. The van der Waals surface area contributed by atoms with Crippen LogP contribution in [-0.2, 0) is 19.6 Å². The van der Waals surface area contributed by atoms with Crippen LogP contribution in [0.15, 0.2) is 47.4 Å². The summed E-state index contributed by atoms with van der Waals surface area (Å²) in [7, 11) is -4.05. The summed E-state index contributed by atoms with van der Waals surface area (Å²) in [6.45, 7) is 5.07. The van der Waals surface area contributed by atoms with Crippen LogP contribution in [0.2, 0.25) is 0 Å². The molecule has 2 rings (SSSR count). The lowest BCUT2D eigenvalue weighted by atomic mass is 10.2. The topological polar surface area (TPSA) is 128 Å². The third-order valence-corrected chi connectivity index (χ3v) is 5.42. The zero-order valence-corrected chi connectivity index (χ0v) is 18.2. The lowest BCUT2D eigenvalue weighted by molar-refractivity contribution is -0.123. The Kier molecular flexibility index (Phi) is 8.14.